The van der Waals surface area contributed by atoms with Gasteiger partial charge in [-0.05, 0) is 19.1 Å². The highest BCUT2D eigenvalue weighted by Crippen LogP contribution is 2.17. The Bertz CT molecular complexity index is 402. The molecular weight excluding hydrogens is 242 g/mol. The Morgan fingerprint density at radius 2 is 2.12 bits per heavy atom. The first kappa shape index (κ1) is 13.7. The van der Waals surface area contributed by atoms with Gasteiger partial charge in [-0.15, -0.1) is 11.3 Å². The normalized spacial score (nSPS) is 12.1. The molecule has 0 saturated heterocycles. The molecule has 6 heteroatoms. The molecule has 0 aliphatic rings. The lowest BCUT2D eigenvalue weighted by molar-refractivity contribution is -0.142. The molecule has 0 amide bonds. The van der Waals surface area contributed by atoms with Crippen LogP contribution in [-0.4, -0.2) is 30.2 Å². The fourth-order valence-corrected chi connectivity index (χ4v) is 2.24. The molecular formula is C11H15NO4S. The summed E-state index contributed by atoms with van der Waals surface area (Å²) in [6.07, 6.45) is 0.0389. The van der Waals surface area contributed by atoms with Gasteiger partial charge in [0, 0.05) is 16.3 Å². The van der Waals surface area contributed by atoms with Crippen LogP contribution in [0.2, 0.25) is 0 Å². The Kier molecular flexibility index (Phi) is 5.11. The maximum Gasteiger partial charge on any atom is 0.322 e. The molecule has 1 aromatic rings. The highest BCUT2D eigenvalue weighted by atomic mass is 32.1. The number of carboxylic acid groups (broad SMARTS) is 1. The van der Waals surface area contributed by atoms with Crippen molar-refractivity contribution in [3.63, 3.8) is 0 Å². The van der Waals surface area contributed by atoms with Gasteiger partial charge in [0.05, 0.1) is 13.5 Å². The predicted octanol–water partition coefficient (Wildman–Crippen LogP) is 1.03. The lowest BCUT2D eigenvalue weighted by Crippen LogP contribution is -2.34. The lowest BCUT2D eigenvalue weighted by atomic mass is 10.3. The molecule has 0 aromatic carbocycles. The van der Waals surface area contributed by atoms with Gasteiger partial charge in [-0.1, -0.05) is 0 Å². The predicted molar refractivity (Wildman–Crippen MR) is 64.0 cm³/mol. The Morgan fingerprint density at radius 1 is 1.47 bits per heavy atom. The van der Waals surface area contributed by atoms with Crippen molar-refractivity contribution < 1.29 is 19.4 Å². The number of methoxy groups -OCH3 is 1. The third-order valence-corrected chi connectivity index (χ3v) is 3.27. The van der Waals surface area contributed by atoms with Crippen molar-refractivity contribution in [3.05, 3.63) is 21.9 Å². The maximum absolute atomic E-state index is 11.1. The van der Waals surface area contributed by atoms with E-state index in [9.17, 15) is 9.59 Å². The summed E-state index contributed by atoms with van der Waals surface area (Å²) in [5.41, 5.74) is 0. The van der Waals surface area contributed by atoms with Crippen molar-refractivity contribution in [2.24, 2.45) is 0 Å². The number of hydrogen-bond donors (Lipinski definition) is 2. The van der Waals surface area contributed by atoms with Crippen LogP contribution in [0.25, 0.3) is 0 Å². The van der Waals surface area contributed by atoms with Gasteiger partial charge < -0.3 is 9.84 Å². The van der Waals surface area contributed by atoms with Gasteiger partial charge in [0.2, 0.25) is 0 Å². The molecule has 2 N–H and O–H groups in total. The van der Waals surface area contributed by atoms with Crippen LogP contribution in [0.4, 0.5) is 0 Å². The number of carbonyl (C=O) groups is 2. The van der Waals surface area contributed by atoms with Gasteiger partial charge in [0.1, 0.15) is 6.04 Å². The Hall–Kier alpha value is -1.40. The van der Waals surface area contributed by atoms with E-state index in [1.807, 2.05) is 6.07 Å². The first-order valence-electron chi connectivity index (χ1n) is 5.13. The summed E-state index contributed by atoms with van der Waals surface area (Å²) in [5.74, 6) is -1.15. The summed E-state index contributed by atoms with van der Waals surface area (Å²) in [5, 5.41) is 11.6. The van der Waals surface area contributed by atoms with Crippen molar-refractivity contribution in [1.29, 1.82) is 0 Å². The van der Waals surface area contributed by atoms with Crippen molar-refractivity contribution in [1.82, 2.24) is 5.32 Å². The number of carboxylic acids is 1. The number of nitrogens with one attached hydrogen (secondary N) is 1. The zero-order valence-corrected chi connectivity index (χ0v) is 10.5. The minimum atomic E-state index is -0.839. The average Bonchev–Trinajstić information content (AvgIpc) is 2.71. The number of hydrogen-bond acceptors (Lipinski definition) is 5. The van der Waals surface area contributed by atoms with Gasteiger partial charge in [0.25, 0.3) is 0 Å². The molecule has 0 aliphatic heterocycles. The quantitative estimate of drug-likeness (QED) is 0.744. The highest BCUT2D eigenvalue weighted by molar-refractivity contribution is 7.12. The summed E-state index contributed by atoms with van der Waals surface area (Å²) < 4.78 is 4.58. The molecule has 5 nitrogen and oxygen atoms in total. The molecule has 0 spiro atoms. The van der Waals surface area contributed by atoms with Crippen LogP contribution in [0.5, 0.6) is 0 Å². The first-order valence-corrected chi connectivity index (χ1v) is 5.95. The fourth-order valence-electron chi connectivity index (χ4n) is 1.28. The molecule has 1 atom stereocenters. The number of aliphatic carboxylic acids is 1. The molecule has 94 valence electrons. The third kappa shape index (κ3) is 4.54. The second-order valence-electron chi connectivity index (χ2n) is 3.56. The topological polar surface area (TPSA) is 75.6 Å². The van der Waals surface area contributed by atoms with Crippen LogP contribution in [0.15, 0.2) is 12.1 Å². The summed E-state index contributed by atoms with van der Waals surface area (Å²) in [4.78, 5) is 23.4. The lowest BCUT2D eigenvalue weighted by Gasteiger charge is -2.09. The van der Waals surface area contributed by atoms with E-state index >= 15 is 0 Å². The van der Waals surface area contributed by atoms with E-state index in [-0.39, 0.29) is 18.4 Å². The Morgan fingerprint density at radius 3 is 2.71 bits per heavy atom. The molecule has 0 saturated carbocycles. The molecule has 17 heavy (non-hydrogen) atoms. The van der Waals surface area contributed by atoms with Crippen molar-refractivity contribution in [2.45, 2.75) is 25.9 Å². The molecule has 0 radical (unpaired) electrons. The van der Waals surface area contributed by atoms with Crippen LogP contribution in [0.3, 0.4) is 0 Å². The monoisotopic (exact) mass is 257 g/mol. The molecule has 1 heterocycles. The van der Waals surface area contributed by atoms with E-state index in [2.05, 4.69) is 10.1 Å². The molecule has 0 fully saturated rings. The van der Waals surface area contributed by atoms with Crippen LogP contribution in [0, 0.1) is 0 Å². The van der Waals surface area contributed by atoms with Gasteiger partial charge in [-0.25, -0.2) is 0 Å². The molecule has 1 unspecified atom stereocenters. The molecule has 0 bridgehead atoms. The van der Waals surface area contributed by atoms with Crippen LogP contribution >= 0.6 is 11.3 Å². The highest BCUT2D eigenvalue weighted by Gasteiger charge is 2.12. The Labute approximate surface area is 103 Å². The molecule has 0 aliphatic carbocycles. The average molecular weight is 257 g/mol. The van der Waals surface area contributed by atoms with E-state index in [0.29, 0.717) is 6.54 Å². The zero-order chi connectivity index (χ0) is 12.8. The summed E-state index contributed by atoms with van der Waals surface area (Å²) in [7, 11) is 1.34. The molecule has 1 rings (SSSR count). The van der Waals surface area contributed by atoms with Crippen molar-refractivity contribution in [2.75, 3.05) is 7.11 Å². The van der Waals surface area contributed by atoms with Gasteiger partial charge in [-0.3, -0.25) is 14.9 Å². The van der Waals surface area contributed by atoms with Gasteiger partial charge >= 0.3 is 11.9 Å². The number of ether oxygens (including phenoxy) is 1. The number of carbonyl (C=O) groups excluding carboxylic acids is 1. The molecule has 1 aromatic heterocycles. The van der Waals surface area contributed by atoms with Crippen LogP contribution < -0.4 is 5.32 Å². The second-order valence-corrected chi connectivity index (χ2v) is 4.82. The number of rotatable bonds is 6. The van der Waals surface area contributed by atoms with E-state index in [0.717, 1.165) is 9.75 Å². The standard InChI is InChI=1S/C11H15NO4S/c1-7(11(15)16-2)12-6-9-4-3-8(17-9)5-10(13)14/h3-4,7,12H,5-6H2,1-2H3,(H,13,14). The van der Waals surface area contributed by atoms with Gasteiger partial charge in [-0.2, -0.15) is 0 Å². The van der Waals surface area contributed by atoms with Crippen LogP contribution in [0.1, 0.15) is 16.7 Å². The smallest absolute Gasteiger partial charge is 0.322 e. The summed E-state index contributed by atoms with van der Waals surface area (Å²) in [6.45, 7) is 2.25. The van der Waals surface area contributed by atoms with E-state index < -0.39 is 5.97 Å². The van der Waals surface area contributed by atoms with Crippen LogP contribution in [-0.2, 0) is 27.3 Å². The van der Waals surface area contributed by atoms with Crippen molar-refractivity contribution in [3.8, 4) is 0 Å². The van der Waals surface area contributed by atoms with E-state index in [4.69, 9.17) is 5.11 Å². The summed E-state index contributed by atoms with van der Waals surface area (Å²) in [6, 6.07) is 3.28. The minimum absolute atomic E-state index is 0.0389. The minimum Gasteiger partial charge on any atom is -0.481 e. The number of thiophene rings is 1. The van der Waals surface area contributed by atoms with Gasteiger partial charge in [0.15, 0.2) is 0 Å². The maximum atomic E-state index is 11.1. The number of esters is 1. The SMILES string of the molecule is COC(=O)C(C)NCc1ccc(CC(=O)O)s1. The zero-order valence-electron chi connectivity index (χ0n) is 9.73. The van der Waals surface area contributed by atoms with E-state index in [1.54, 1.807) is 13.0 Å². The first-order chi connectivity index (χ1) is 8.02. The third-order valence-electron chi connectivity index (χ3n) is 2.18. The Balaban J connectivity index is 2.44. The van der Waals surface area contributed by atoms with Crippen molar-refractivity contribution >= 4 is 23.3 Å². The van der Waals surface area contributed by atoms with E-state index in [1.165, 1.54) is 18.4 Å². The summed E-state index contributed by atoms with van der Waals surface area (Å²) >= 11 is 1.43. The fraction of sp³-hybridized carbons (Fsp3) is 0.455. The second kappa shape index (κ2) is 6.36. The largest absolute Gasteiger partial charge is 0.481 e.